The van der Waals surface area contributed by atoms with Crippen LogP contribution in [0.25, 0.3) is 0 Å². The van der Waals surface area contributed by atoms with E-state index in [0.29, 0.717) is 12.1 Å². The first-order valence-corrected chi connectivity index (χ1v) is 6.46. The van der Waals surface area contributed by atoms with Gasteiger partial charge in [0.05, 0.1) is 0 Å². The molecule has 0 fully saturated rings. The molecule has 0 amide bonds. The predicted octanol–water partition coefficient (Wildman–Crippen LogP) is 3.14. The quantitative estimate of drug-likeness (QED) is 0.617. The van der Waals surface area contributed by atoms with Gasteiger partial charge in [0.25, 0.3) is 0 Å². The summed E-state index contributed by atoms with van der Waals surface area (Å²) in [6.45, 7) is 9.79. The van der Waals surface area contributed by atoms with Gasteiger partial charge in [0.15, 0.2) is 0 Å². The average molecular weight is 229 g/mol. The number of hydrogen-bond acceptors (Lipinski definition) is 2. The van der Waals surface area contributed by atoms with Crippen LogP contribution in [-0.4, -0.2) is 34.6 Å². The number of carboxylic acid groups (broad SMARTS) is 1. The van der Waals surface area contributed by atoms with Crippen molar-refractivity contribution < 1.29 is 9.90 Å². The molecule has 0 heterocycles. The Morgan fingerprint density at radius 3 is 2.31 bits per heavy atom. The summed E-state index contributed by atoms with van der Waals surface area (Å²) in [4.78, 5) is 13.0. The van der Waals surface area contributed by atoms with Crippen LogP contribution in [0.15, 0.2) is 0 Å². The number of carboxylic acids is 1. The maximum absolute atomic E-state index is 10.5. The first-order chi connectivity index (χ1) is 7.49. The first kappa shape index (κ1) is 15.4. The summed E-state index contributed by atoms with van der Waals surface area (Å²) in [6.07, 6.45) is 4.73. The number of unbranched alkanes of at least 4 members (excludes halogenated alkanes) is 2. The average Bonchev–Trinajstić information content (AvgIpc) is 2.20. The molecule has 1 unspecified atom stereocenters. The normalized spacial score (nSPS) is 13.4. The van der Waals surface area contributed by atoms with Crippen LogP contribution in [0.2, 0.25) is 0 Å². The van der Waals surface area contributed by atoms with Gasteiger partial charge in [-0.15, -0.1) is 0 Å². The fraction of sp³-hybridized carbons (Fsp3) is 0.923. The minimum absolute atomic E-state index is 0.276. The SMILES string of the molecule is CCCCCN(C(C)C)C(C)CCC(=O)O. The van der Waals surface area contributed by atoms with Gasteiger partial charge in [0, 0.05) is 18.5 Å². The van der Waals surface area contributed by atoms with E-state index in [2.05, 4.69) is 32.6 Å². The third kappa shape index (κ3) is 6.83. The molecule has 0 aromatic heterocycles. The molecule has 96 valence electrons. The van der Waals surface area contributed by atoms with Crippen LogP contribution in [0.4, 0.5) is 0 Å². The lowest BCUT2D eigenvalue weighted by Crippen LogP contribution is -2.39. The van der Waals surface area contributed by atoms with E-state index in [1.54, 1.807) is 0 Å². The van der Waals surface area contributed by atoms with Crippen LogP contribution in [0.1, 0.15) is 59.8 Å². The summed E-state index contributed by atoms with van der Waals surface area (Å²) in [5.74, 6) is -0.691. The van der Waals surface area contributed by atoms with E-state index in [1.165, 1.54) is 19.3 Å². The highest BCUT2D eigenvalue weighted by Crippen LogP contribution is 2.12. The van der Waals surface area contributed by atoms with Crippen molar-refractivity contribution in [2.24, 2.45) is 0 Å². The lowest BCUT2D eigenvalue weighted by Gasteiger charge is -2.32. The van der Waals surface area contributed by atoms with Crippen molar-refractivity contribution in [1.82, 2.24) is 4.90 Å². The number of aliphatic carboxylic acids is 1. The predicted molar refractivity (Wildman–Crippen MR) is 67.7 cm³/mol. The van der Waals surface area contributed by atoms with E-state index < -0.39 is 5.97 Å². The third-order valence-electron chi connectivity index (χ3n) is 3.03. The molecule has 0 radical (unpaired) electrons. The molecule has 0 spiro atoms. The van der Waals surface area contributed by atoms with Gasteiger partial charge in [-0.3, -0.25) is 9.69 Å². The Balaban J connectivity index is 4.02. The Kier molecular flexibility index (Phi) is 8.26. The van der Waals surface area contributed by atoms with Gasteiger partial charge in [-0.25, -0.2) is 0 Å². The van der Waals surface area contributed by atoms with Crippen molar-refractivity contribution in [3.05, 3.63) is 0 Å². The molecule has 16 heavy (non-hydrogen) atoms. The maximum Gasteiger partial charge on any atom is 0.303 e. The third-order valence-corrected chi connectivity index (χ3v) is 3.03. The summed E-state index contributed by atoms with van der Waals surface area (Å²) in [5, 5.41) is 8.68. The van der Waals surface area contributed by atoms with Crippen molar-refractivity contribution in [3.8, 4) is 0 Å². The van der Waals surface area contributed by atoms with Gasteiger partial charge in [-0.05, 0) is 40.2 Å². The smallest absolute Gasteiger partial charge is 0.303 e. The Morgan fingerprint density at radius 1 is 1.25 bits per heavy atom. The van der Waals surface area contributed by atoms with E-state index in [9.17, 15) is 4.79 Å². The number of carbonyl (C=O) groups is 1. The molecule has 3 heteroatoms. The molecule has 0 aromatic carbocycles. The van der Waals surface area contributed by atoms with Crippen molar-refractivity contribution >= 4 is 5.97 Å². The summed E-state index contributed by atoms with van der Waals surface area (Å²) in [7, 11) is 0. The van der Waals surface area contributed by atoms with Crippen molar-refractivity contribution in [2.75, 3.05) is 6.54 Å². The van der Waals surface area contributed by atoms with Gasteiger partial charge in [-0.1, -0.05) is 19.8 Å². The molecule has 1 atom stereocenters. The molecule has 3 nitrogen and oxygen atoms in total. The zero-order valence-corrected chi connectivity index (χ0v) is 11.2. The molecule has 0 aliphatic carbocycles. The van der Waals surface area contributed by atoms with Gasteiger partial charge in [0.1, 0.15) is 0 Å². The summed E-state index contributed by atoms with van der Waals surface area (Å²) in [5.41, 5.74) is 0. The molecule has 0 saturated heterocycles. The second-order valence-corrected chi connectivity index (χ2v) is 4.82. The molecular weight excluding hydrogens is 202 g/mol. The molecule has 0 saturated carbocycles. The van der Waals surface area contributed by atoms with Crippen LogP contribution in [0, 0.1) is 0 Å². The second kappa shape index (κ2) is 8.57. The van der Waals surface area contributed by atoms with Gasteiger partial charge < -0.3 is 5.11 Å². The molecule has 0 aromatic rings. The summed E-state index contributed by atoms with van der Waals surface area (Å²) < 4.78 is 0. The number of hydrogen-bond donors (Lipinski definition) is 1. The Hall–Kier alpha value is -0.570. The molecule has 0 aliphatic heterocycles. The van der Waals surface area contributed by atoms with E-state index in [4.69, 9.17) is 5.11 Å². The van der Waals surface area contributed by atoms with Crippen molar-refractivity contribution in [2.45, 2.75) is 71.9 Å². The topological polar surface area (TPSA) is 40.5 Å². The Labute approximate surface area is 99.8 Å². The highest BCUT2D eigenvalue weighted by atomic mass is 16.4. The number of rotatable bonds is 9. The van der Waals surface area contributed by atoms with Gasteiger partial charge in [-0.2, -0.15) is 0 Å². The van der Waals surface area contributed by atoms with Crippen LogP contribution in [0.5, 0.6) is 0 Å². The van der Waals surface area contributed by atoms with Gasteiger partial charge >= 0.3 is 5.97 Å². The van der Waals surface area contributed by atoms with Crippen LogP contribution in [0.3, 0.4) is 0 Å². The standard InChI is InChI=1S/C13H27NO2/c1-5-6-7-10-14(11(2)3)12(4)8-9-13(15)16/h11-12H,5-10H2,1-4H3,(H,15,16). The zero-order valence-electron chi connectivity index (χ0n) is 11.2. The van der Waals surface area contributed by atoms with E-state index in [0.717, 1.165) is 13.0 Å². The molecular formula is C13H27NO2. The highest BCUT2D eigenvalue weighted by molar-refractivity contribution is 5.66. The zero-order chi connectivity index (χ0) is 12.6. The van der Waals surface area contributed by atoms with Crippen molar-refractivity contribution in [3.63, 3.8) is 0 Å². The molecule has 0 aliphatic rings. The Bertz CT molecular complexity index is 192. The van der Waals surface area contributed by atoms with Crippen LogP contribution < -0.4 is 0 Å². The fourth-order valence-corrected chi connectivity index (χ4v) is 2.03. The van der Waals surface area contributed by atoms with E-state index in [-0.39, 0.29) is 6.42 Å². The minimum Gasteiger partial charge on any atom is -0.481 e. The lowest BCUT2D eigenvalue weighted by atomic mass is 10.1. The van der Waals surface area contributed by atoms with Gasteiger partial charge in [0.2, 0.25) is 0 Å². The Morgan fingerprint density at radius 2 is 1.88 bits per heavy atom. The monoisotopic (exact) mass is 229 g/mol. The van der Waals surface area contributed by atoms with Crippen LogP contribution in [-0.2, 0) is 4.79 Å². The van der Waals surface area contributed by atoms with Crippen molar-refractivity contribution in [1.29, 1.82) is 0 Å². The largest absolute Gasteiger partial charge is 0.481 e. The highest BCUT2D eigenvalue weighted by Gasteiger charge is 2.17. The summed E-state index contributed by atoms with van der Waals surface area (Å²) >= 11 is 0. The fourth-order valence-electron chi connectivity index (χ4n) is 2.03. The molecule has 1 N–H and O–H groups in total. The minimum atomic E-state index is -0.691. The second-order valence-electron chi connectivity index (χ2n) is 4.82. The van der Waals surface area contributed by atoms with E-state index in [1.807, 2.05) is 0 Å². The van der Waals surface area contributed by atoms with Crippen LogP contribution >= 0.6 is 0 Å². The molecule has 0 rings (SSSR count). The molecule has 0 bridgehead atoms. The van der Waals surface area contributed by atoms with E-state index >= 15 is 0 Å². The number of nitrogens with zero attached hydrogens (tertiary/aromatic N) is 1. The maximum atomic E-state index is 10.5. The summed E-state index contributed by atoms with van der Waals surface area (Å²) in [6, 6.07) is 0.869. The first-order valence-electron chi connectivity index (χ1n) is 6.46. The lowest BCUT2D eigenvalue weighted by molar-refractivity contribution is -0.137.